The molecule has 1 rings (SSSR count). The van der Waals surface area contributed by atoms with Crippen molar-refractivity contribution in [3.05, 3.63) is 23.3 Å². The molecule has 0 aromatic heterocycles. The number of halogens is 3. The number of benzene rings is 1. The number of amides is 2. The number of carbonyl (C=O) groups excluding carboxylic acids is 1. The maximum atomic E-state index is 11.7. The quantitative estimate of drug-likeness (QED) is 0.528. The molecule has 4 nitrogen and oxygen atoms in total. The van der Waals surface area contributed by atoms with E-state index in [1.165, 1.54) is 0 Å². The summed E-state index contributed by atoms with van der Waals surface area (Å²) in [6.45, 7) is 0.405. The van der Waals surface area contributed by atoms with Gasteiger partial charge in [0.1, 0.15) is 0 Å². The highest BCUT2D eigenvalue weighted by molar-refractivity contribution is 6.18. The molecule has 0 saturated heterocycles. The van der Waals surface area contributed by atoms with E-state index in [0.717, 1.165) is 11.1 Å². The Morgan fingerprint density at radius 3 is 2.30 bits per heavy atom. The van der Waals surface area contributed by atoms with Crippen LogP contribution >= 0.6 is 34.8 Å². The summed E-state index contributed by atoms with van der Waals surface area (Å²) in [5.74, 6) is 1.26. The van der Waals surface area contributed by atoms with Crippen LogP contribution in [0.2, 0.25) is 0 Å². The average molecular weight is 339 g/mol. The monoisotopic (exact) mass is 337 g/mol. The summed E-state index contributed by atoms with van der Waals surface area (Å²) >= 11 is 17.2. The minimum Gasteiger partial charge on any atom is -0.398 e. The molecule has 1 aromatic carbocycles. The molecule has 0 unspecified atom stereocenters. The first-order valence-electron chi connectivity index (χ1n) is 6.27. The summed E-state index contributed by atoms with van der Waals surface area (Å²) in [5.41, 5.74) is 9.21. The fourth-order valence-electron chi connectivity index (χ4n) is 1.93. The minimum atomic E-state index is -0.303. The molecule has 0 spiro atoms. The third kappa shape index (κ3) is 4.93. The molecule has 0 aliphatic heterocycles. The molecule has 112 valence electrons. The van der Waals surface area contributed by atoms with Crippen LogP contribution < -0.4 is 16.4 Å². The Bertz CT molecular complexity index is 455. The molecular formula is C13H18Cl3N3O. The maximum absolute atomic E-state index is 11.7. The summed E-state index contributed by atoms with van der Waals surface area (Å²) < 4.78 is 0. The van der Waals surface area contributed by atoms with Crippen LogP contribution in [0.1, 0.15) is 11.1 Å². The smallest absolute Gasteiger partial charge is 0.319 e. The summed E-state index contributed by atoms with van der Waals surface area (Å²) in [4.78, 5) is 11.7. The van der Waals surface area contributed by atoms with Gasteiger partial charge in [-0.3, -0.25) is 0 Å². The van der Waals surface area contributed by atoms with E-state index in [-0.39, 0.29) is 6.03 Å². The number of hydrogen-bond donors (Lipinski definition) is 3. The predicted molar refractivity (Wildman–Crippen MR) is 87.4 cm³/mol. The molecule has 0 saturated carbocycles. The van der Waals surface area contributed by atoms with Crippen molar-refractivity contribution in [3.8, 4) is 0 Å². The van der Waals surface area contributed by atoms with Gasteiger partial charge in [0.2, 0.25) is 0 Å². The van der Waals surface area contributed by atoms with Crippen molar-refractivity contribution in [2.24, 2.45) is 0 Å². The molecule has 0 radical (unpaired) electrons. The van der Waals surface area contributed by atoms with Crippen LogP contribution in [-0.4, -0.2) is 30.2 Å². The minimum absolute atomic E-state index is 0.303. The molecule has 0 atom stereocenters. The zero-order valence-electron chi connectivity index (χ0n) is 11.0. The normalized spacial score (nSPS) is 10.3. The van der Waals surface area contributed by atoms with E-state index in [1.54, 1.807) is 12.1 Å². The summed E-state index contributed by atoms with van der Waals surface area (Å²) in [5, 5.41) is 5.43. The van der Waals surface area contributed by atoms with Crippen LogP contribution in [0.15, 0.2) is 12.1 Å². The Morgan fingerprint density at radius 1 is 1.05 bits per heavy atom. The lowest BCUT2D eigenvalue weighted by Crippen LogP contribution is -2.30. The van der Waals surface area contributed by atoms with Crippen molar-refractivity contribution in [1.82, 2.24) is 5.32 Å². The van der Waals surface area contributed by atoms with Gasteiger partial charge in [0.05, 0.1) is 0 Å². The van der Waals surface area contributed by atoms with Crippen LogP contribution in [0.3, 0.4) is 0 Å². The highest BCUT2D eigenvalue weighted by Gasteiger charge is 2.13. The Kier molecular flexibility index (Phi) is 7.88. The maximum Gasteiger partial charge on any atom is 0.319 e. The van der Waals surface area contributed by atoms with Crippen LogP contribution in [0, 0.1) is 0 Å². The van der Waals surface area contributed by atoms with Crippen molar-refractivity contribution >= 4 is 52.2 Å². The van der Waals surface area contributed by atoms with Gasteiger partial charge in [0.15, 0.2) is 0 Å². The lowest BCUT2D eigenvalue weighted by Gasteiger charge is -2.17. The Balaban J connectivity index is 2.99. The summed E-state index contributed by atoms with van der Waals surface area (Å²) in [6, 6.07) is 3.23. The zero-order chi connectivity index (χ0) is 15.0. The Morgan fingerprint density at radius 2 is 1.70 bits per heavy atom. The molecule has 0 bridgehead atoms. The van der Waals surface area contributed by atoms with Crippen LogP contribution in [0.5, 0.6) is 0 Å². The zero-order valence-corrected chi connectivity index (χ0v) is 13.3. The van der Waals surface area contributed by atoms with Crippen LogP contribution in [-0.2, 0) is 12.8 Å². The number of alkyl halides is 3. The number of carbonyl (C=O) groups is 1. The molecule has 20 heavy (non-hydrogen) atoms. The molecule has 0 aliphatic rings. The average Bonchev–Trinajstić information content (AvgIpc) is 2.43. The molecule has 0 aliphatic carbocycles. The summed E-state index contributed by atoms with van der Waals surface area (Å²) in [7, 11) is 0. The number of rotatable bonds is 7. The second kappa shape index (κ2) is 9.16. The van der Waals surface area contributed by atoms with Gasteiger partial charge in [-0.05, 0) is 36.1 Å². The van der Waals surface area contributed by atoms with Crippen molar-refractivity contribution in [2.45, 2.75) is 12.8 Å². The Labute approximate surface area is 133 Å². The molecule has 1 aromatic rings. The lowest BCUT2D eigenvalue weighted by atomic mass is 9.99. The van der Waals surface area contributed by atoms with Gasteiger partial charge < -0.3 is 16.4 Å². The number of nitrogen functional groups attached to an aromatic ring is 1. The SMILES string of the molecule is Nc1ccc(NC(=O)NCCCl)c(CCCl)c1CCCl. The number of nitrogens with two attached hydrogens (primary N) is 1. The third-order valence-electron chi connectivity index (χ3n) is 2.78. The van der Waals surface area contributed by atoms with Gasteiger partial charge in [0, 0.05) is 35.6 Å². The number of anilines is 2. The first-order chi connectivity index (χ1) is 9.63. The van der Waals surface area contributed by atoms with Gasteiger partial charge >= 0.3 is 6.03 Å². The van der Waals surface area contributed by atoms with E-state index in [0.29, 0.717) is 48.4 Å². The van der Waals surface area contributed by atoms with Crippen molar-refractivity contribution in [2.75, 3.05) is 35.2 Å². The highest BCUT2D eigenvalue weighted by Crippen LogP contribution is 2.27. The molecule has 7 heteroatoms. The van der Waals surface area contributed by atoms with E-state index in [1.807, 2.05) is 0 Å². The fraction of sp³-hybridized carbons (Fsp3) is 0.462. The second-order valence-electron chi connectivity index (χ2n) is 4.11. The largest absolute Gasteiger partial charge is 0.398 e. The molecule has 0 heterocycles. The lowest BCUT2D eigenvalue weighted by molar-refractivity contribution is 0.252. The van der Waals surface area contributed by atoms with Crippen LogP contribution in [0.4, 0.5) is 16.2 Å². The number of nitrogens with one attached hydrogen (secondary N) is 2. The van der Waals surface area contributed by atoms with Crippen LogP contribution in [0.25, 0.3) is 0 Å². The number of hydrogen-bond acceptors (Lipinski definition) is 2. The van der Waals surface area contributed by atoms with Gasteiger partial charge in [-0.2, -0.15) is 0 Å². The molecule has 4 N–H and O–H groups in total. The van der Waals surface area contributed by atoms with Gasteiger partial charge in [0.25, 0.3) is 0 Å². The van der Waals surface area contributed by atoms with E-state index in [2.05, 4.69) is 10.6 Å². The van der Waals surface area contributed by atoms with Crippen molar-refractivity contribution in [3.63, 3.8) is 0 Å². The molecule has 2 amide bonds. The van der Waals surface area contributed by atoms with E-state index in [9.17, 15) is 4.79 Å². The predicted octanol–water partition coefficient (Wildman–Crippen LogP) is 3.19. The van der Waals surface area contributed by atoms with Crippen molar-refractivity contribution < 1.29 is 4.79 Å². The first-order valence-corrected chi connectivity index (χ1v) is 7.87. The topological polar surface area (TPSA) is 67.1 Å². The highest BCUT2D eigenvalue weighted by atomic mass is 35.5. The fourth-order valence-corrected chi connectivity index (χ4v) is 2.40. The third-order valence-corrected chi connectivity index (χ3v) is 3.35. The molecule has 0 fully saturated rings. The van der Waals surface area contributed by atoms with Crippen molar-refractivity contribution in [1.29, 1.82) is 0 Å². The molecular weight excluding hydrogens is 321 g/mol. The first kappa shape index (κ1) is 17.2. The summed E-state index contributed by atoms with van der Waals surface area (Å²) in [6.07, 6.45) is 1.25. The number of urea groups is 1. The van der Waals surface area contributed by atoms with E-state index < -0.39 is 0 Å². The van der Waals surface area contributed by atoms with E-state index in [4.69, 9.17) is 40.5 Å². The van der Waals surface area contributed by atoms with E-state index >= 15 is 0 Å². The van der Waals surface area contributed by atoms with Gasteiger partial charge in [-0.15, -0.1) is 34.8 Å². The standard InChI is InChI=1S/C13H18Cl3N3O/c14-5-3-9-10(4-6-15)12(2-1-11(9)17)19-13(20)18-8-7-16/h1-2H,3-8,17H2,(H2,18,19,20). The van der Waals surface area contributed by atoms with Gasteiger partial charge in [-0.25, -0.2) is 4.79 Å². The van der Waals surface area contributed by atoms with Gasteiger partial charge in [-0.1, -0.05) is 0 Å². The second-order valence-corrected chi connectivity index (χ2v) is 5.24. The Hall–Kier alpha value is -0.840.